The molecule has 4 rings (SSSR count). The maximum Gasteiger partial charge on any atom is 0.244 e. The van der Waals surface area contributed by atoms with Gasteiger partial charge < -0.3 is 4.90 Å². The number of piperazine rings is 1. The van der Waals surface area contributed by atoms with Gasteiger partial charge in [0.15, 0.2) is 0 Å². The molecule has 0 aliphatic carbocycles. The first-order valence-corrected chi connectivity index (χ1v) is 9.02. The van der Waals surface area contributed by atoms with Gasteiger partial charge in [0.25, 0.3) is 0 Å². The van der Waals surface area contributed by atoms with Crippen molar-refractivity contribution in [2.75, 3.05) is 18.0 Å². The van der Waals surface area contributed by atoms with Crippen LogP contribution >= 0.6 is 0 Å². The minimum absolute atomic E-state index is 0.00996. The fraction of sp³-hybridized carbons (Fsp3) is 0.227. The Hall–Kier alpha value is -2.79. The number of rotatable bonds is 3. The predicted octanol–water partition coefficient (Wildman–Crippen LogP) is 4.36. The Morgan fingerprint density at radius 2 is 1.59 bits per heavy atom. The zero-order valence-electron chi connectivity index (χ0n) is 15.0. The second kappa shape index (κ2) is 7.08. The maximum absolute atomic E-state index is 14.0. The van der Waals surface area contributed by atoms with Gasteiger partial charge in [-0.1, -0.05) is 42.5 Å². The van der Waals surface area contributed by atoms with Crippen LogP contribution < -0.4 is 4.90 Å². The van der Waals surface area contributed by atoms with Crippen LogP contribution in [0.25, 0.3) is 10.8 Å². The molecule has 3 aromatic carbocycles. The van der Waals surface area contributed by atoms with Gasteiger partial charge in [0.2, 0.25) is 5.91 Å². The van der Waals surface area contributed by atoms with E-state index in [0.717, 1.165) is 16.5 Å². The molecule has 1 aliphatic rings. The molecular weight excluding hydrogens is 346 g/mol. The van der Waals surface area contributed by atoms with E-state index >= 15 is 0 Å². The Morgan fingerprint density at radius 1 is 0.926 bits per heavy atom. The van der Waals surface area contributed by atoms with Gasteiger partial charge in [-0.2, -0.15) is 0 Å². The monoisotopic (exact) mass is 366 g/mol. The first kappa shape index (κ1) is 17.6. The molecule has 3 nitrogen and oxygen atoms in total. The van der Waals surface area contributed by atoms with Gasteiger partial charge in [-0.05, 0) is 30.5 Å². The molecule has 1 fully saturated rings. The van der Waals surface area contributed by atoms with Gasteiger partial charge in [0.05, 0.1) is 11.7 Å². The SMILES string of the molecule is CC1C(=O)N(c2cccc3ccccc23)CCN1Cc1c(F)cccc1F. The second-order valence-electron chi connectivity index (χ2n) is 6.83. The average Bonchev–Trinajstić information content (AvgIpc) is 2.68. The van der Waals surface area contributed by atoms with Crippen LogP contribution in [0.5, 0.6) is 0 Å². The molecule has 0 radical (unpaired) electrons. The van der Waals surface area contributed by atoms with Crippen molar-refractivity contribution in [3.63, 3.8) is 0 Å². The van der Waals surface area contributed by atoms with Crippen LogP contribution in [0.15, 0.2) is 60.7 Å². The standard InChI is InChI=1S/C22H20F2N2O/c1-15-22(27)26(21-11-4-7-16-6-2-3-8-17(16)21)13-12-25(15)14-18-19(23)9-5-10-20(18)24/h2-11,15H,12-14H2,1H3. The van der Waals surface area contributed by atoms with E-state index in [2.05, 4.69) is 0 Å². The van der Waals surface area contributed by atoms with Crippen LogP contribution in [-0.4, -0.2) is 29.9 Å². The van der Waals surface area contributed by atoms with Crippen LogP contribution in [0, 0.1) is 11.6 Å². The largest absolute Gasteiger partial charge is 0.309 e. The van der Waals surface area contributed by atoms with Gasteiger partial charge in [0.1, 0.15) is 11.6 Å². The van der Waals surface area contributed by atoms with E-state index in [0.29, 0.717) is 13.1 Å². The fourth-order valence-electron chi connectivity index (χ4n) is 3.70. The van der Waals surface area contributed by atoms with E-state index in [1.807, 2.05) is 47.4 Å². The summed E-state index contributed by atoms with van der Waals surface area (Å²) in [5, 5.41) is 2.10. The van der Waals surface area contributed by atoms with Crippen molar-refractivity contribution < 1.29 is 13.6 Å². The van der Waals surface area contributed by atoms with Crippen molar-refractivity contribution in [2.24, 2.45) is 0 Å². The number of halogens is 2. The summed E-state index contributed by atoms with van der Waals surface area (Å²) in [7, 11) is 0. The maximum atomic E-state index is 14.0. The van der Waals surface area contributed by atoms with E-state index in [1.54, 1.807) is 11.8 Å². The highest BCUT2D eigenvalue weighted by Gasteiger charge is 2.33. The third kappa shape index (κ3) is 3.19. The van der Waals surface area contributed by atoms with Gasteiger partial charge in [-0.15, -0.1) is 0 Å². The van der Waals surface area contributed by atoms with Crippen LogP contribution in [0.3, 0.4) is 0 Å². The number of hydrogen-bond acceptors (Lipinski definition) is 2. The number of nitrogens with zero attached hydrogens (tertiary/aromatic N) is 2. The number of fused-ring (bicyclic) bond motifs is 1. The number of anilines is 1. The van der Waals surface area contributed by atoms with Crippen molar-refractivity contribution in [1.29, 1.82) is 0 Å². The first-order chi connectivity index (χ1) is 13.1. The van der Waals surface area contributed by atoms with Crippen molar-refractivity contribution in [3.05, 3.63) is 77.9 Å². The Balaban J connectivity index is 1.60. The Kier molecular flexibility index (Phi) is 4.62. The summed E-state index contributed by atoms with van der Waals surface area (Å²) < 4.78 is 28.0. The van der Waals surface area contributed by atoms with Gasteiger partial charge in [-0.3, -0.25) is 9.69 Å². The Labute approximate surface area is 156 Å². The lowest BCUT2D eigenvalue weighted by Gasteiger charge is -2.39. The molecule has 1 saturated heterocycles. The molecule has 0 saturated carbocycles. The van der Waals surface area contributed by atoms with Crippen molar-refractivity contribution in [2.45, 2.75) is 19.5 Å². The summed E-state index contributed by atoms with van der Waals surface area (Å²) in [5.41, 5.74) is 0.887. The zero-order chi connectivity index (χ0) is 19.0. The third-order valence-corrected chi connectivity index (χ3v) is 5.26. The predicted molar refractivity (Wildman–Crippen MR) is 103 cm³/mol. The molecule has 0 spiro atoms. The quantitative estimate of drug-likeness (QED) is 0.688. The molecule has 0 N–H and O–H groups in total. The van der Waals surface area contributed by atoms with Crippen LogP contribution in [0.2, 0.25) is 0 Å². The molecule has 5 heteroatoms. The molecule has 0 aromatic heterocycles. The first-order valence-electron chi connectivity index (χ1n) is 9.02. The second-order valence-corrected chi connectivity index (χ2v) is 6.83. The normalized spacial score (nSPS) is 18.3. The van der Waals surface area contributed by atoms with E-state index in [-0.39, 0.29) is 18.0 Å². The molecule has 1 unspecified atom stereocenters. The molecule has 1 amide bonds. The van der Waals surface area contributed by atoms with Crippen LogP contribution in [0.4, 0.5) is 14.5 Å². The summed E-state index contributed by atoms with van der Waals surface area (Å²) in [6.07, 6.45) is 0. The lowest BCUT2D eigenvalue weighted by atomic mass is 10.0. The summed E-state index contributed by atoms with van der Waals surface area (Å²) in [6, 6.07) is 17.2. The van der Waals surface area contributed by atoms with E-state index in [9.17, 15) is 13.6 Å². The molecule has 138 valence electrons. The molecular formula is C22H20F2N2O. The van der Waals surface area contributed by atoms with Crippen molar-refractivity contribution in [1.82, 2.24) is 4.90 Å². The number of amides is 1. The van der Waals surface area contributed by atoms with Crippen LogP contribution in [0.1, 0.15) is 12.5 Å². The lowest BCUT2D eigenvalue weighted by Crippen LogP contribution is -2.55. The van der Waals surface area contributed by atoms with E-state index < -0.39 is 17.7 Å². The number of carbonyl (C=O) groups is 1. The topological polar surface area (TPSA) is 23.6 Å². The van der Waals surface area contributed by atoms with Crippen molar-refractivity contribution >= 4 is 22.4 Å². The molecule has 27 heavy (non-hydrogen) atoms. The molecule has 1 aliphatic heterocycles. The smallest absolute Gasteiger partial charge is 0.244 e. The molecule has 1 heterocycles. The van der Waals surface area contributed by atoms with Gasteiger partial charge in [0, 0.05) is 30.6 Å². The summed E-state index contributed by atoms with van der Waals surface area (Å²) >= 11 is 0. The fourth-order valence-corrected chi connectivity index (χ4v) is 3.70. The molecule has 0 bridgehead atoms. The number of carbonyl (C=O) groups excluding carboxylic acids is 1. The van der Waals surface area contributed by atoms with E-state index in [1.165, 1.54) is 18.2 Å². The Bertz CT molecular complexity index is 979. The highest BCUT2D eigenvalue weighted by molar-refractivity contribution is 6.05. The summed E-state index contributed by atoms with van der Waals surface area (Å²) in [5.74, 6) is -1.22. The highest BCUT2D eigenvalue weighted by atomic mass is 19.1. The Morgan fingerprint density at radius 3 is 2.37 bits per heavy atom. The minimum Gasteiger partial charge on any atom is -0.309 e. The van der Waals surface area contributed by atoms with Crippen molar-refractivity contribution in [3.8, 4) is 0 Å². The van der Waals surface area contributed by atoms with Crippen LogP contribution in [-0.2, 0) is 11.3 Å². The average molecular weight is 366 g/mol. The van der Waals surface area contributed by atoms with Gasteiger partial charge in [-0.25, -0.2) is 8.78 Å². The van der Waals surface area contributed by atoms with E-state index in [4.69, 9.17) is 0 Å². The lowest BCUT2D eigenvalue weighted by molar-refractivity contribution is -0.125. The number of hydrogen-bond donors (Lipinski definition) is 0. The summed E-state index contributed by atoms with van der Waals surface area (Å²) in [6.45, 7) is 2.89. The summed E-state index contributed by atoms with van der Waals surface area (Å²) in [4.78, 5) is 16.6. The minimum atomic E-state index is -0.578. The zero-order valence-corrected chi connectivity index (χ0v) is 15.0. The third-order valence-electron chi connectivity index (χ3n) is 5.26. The number of benzene rings is 3. The molecule has 3 aromatic rings. The molecule has 1 atom stereocenters. The highest BCUT2D eigenvalue weighted by Crippen LogP contribution is 2.29. The van der Waals surface area contributed by atoms with Gasteiger partial charge >= 0.3 is 0 Å².